The maximum absolute atomic E-state index is 4.50. The molecule has 0 unspecified atom stereocenters. The molecule has 0 amide bonds. The fourth-order valence-electron chi connectivity index (χ4n) is 1.67. The van der Waals surface area contributed by atoms with Gasteiger partial charge in [-0.1, -0.05) is 13.8 Å². The second-order valence-electron chi connectivity index (χ2n) is 3.94. The second-order valence-corrected chi connectivity index (χ2v) is 3.94. The molecular formula is C12H16N2. The largest absolute Gasteiger partial charge is 0.333 e. The summed E-state index contributed by atoms with van der Waals surface area (Å²) in [7, 11) is 0. The molecule has 2 aromatic rings. The molecule has 0 spiro atoms. The van der Waals surface area contributed by atoms with Crippen LogP contribution in [0, 0.1) is 0 Å². The van der Waals surface area contributed by atoms with E-state index in [1.165, 1.54) is 10.9 Å². The number of pyridine rings is 1. The summed E-state index contributed by atoms with van der Waals surface area (Å²) in [5.41, 5.74) is 2.41. The Balaban J connectivity index is 2.57. The van der Waals surface area contributed by atoms with E-state index in [4.69, 9.17) is 0 Å². The molecule has 0 atom stereocenters. The fourth-order valence-corrected chi connectivity index (χ4v) is 1.67. The van der Waals surface area contributed by atoms with Gasteiger partial charge in [-0.3, -0.25) is 0 Å². The van der Waals surface area contributed by atoms with E-state index in [-0.39, 0.29) is 0 Å². The van der Waals surface area contributed by atoms with Crippen molar-refractivity contribution >= 4 is 11.0 Å². The van der Waals surface area contributed by atoms with E-state index in [0.717, 1.165) is 12.2 Å². The summed E-state index contributed by atoms with van der Waals surface area (Å²) in [6, 6.07) is 4.37. The van der Waals surface area contributed by atoms with Gasteiger partial charge in [-0.15, -0.1) is 0 Å². The molecule has 74 valence electrons. The zero-order valence-corrected chi connectivity index (χ0v) is 8.99. The molecule has 14 heavy (non-hydrogen) atoms. The van der Waals surface area contributed by atoms with Crippen molar-refractivity contribution < 1.29 is 0 Å². The molecule has 0 saturated heterocycles. The highest BCUT2D eigenvalue weighted by molar-refractivity contribution is 5.76. The second kappa shape index (κ2) is 3.45. The standard InChI is InChI=1S/C12H16N2/c1-4-14-6-5-10-7-11(9(2)3)8-13-12(10)14/h5-9H,4H2,1-3H3. The SMILES string of the molecule is CCn1ccc2cc(C(C)C)cnc21. The highest BCUT2D eigenvalue weighted by Crippen LogP contribution is 2.19. The van der Waals surface area contributed by atoms with Crippen molar-refractivity contribution in [3.8, 4) is 0 Å². The van der Waals surface area contributed by atoms with Crippen LogP contribution in [-0.2, 0) is 6.54 Å². The third kappa shape index (κ3) is 1.41. The summed E-state index contributed by atoms with van der Waals surface area (Å²) in [4.78, 5) is 4.50. The Morgan fingerprint density at radius 2 is 2.21 bits per heavy atom. The van der Waals surface area contributed by atoms with Crippen LogP contribution in [0.1, 0.15) is 32.3 Å². The molecule has 0 radical (unpaired) electrons. The molecule has 2 nitrogen and oxygen atoms in total. The Morgan fingerprint density at radius 1 is 1.43 bits per heavy atom. The molecule has 0 N–H and O–H groups in total. The van der Waals surface area contributed by atoms with Crippen LogP contribution in [0.15, 0.2) is 24.5 Å². The van der Waals surface area contributed by atoms with Crippen LogP contribution in [-0.4, -0.2) is 9.55 Å². The van der Waals surface area contributed by atoms with Gasteiger partial charge >= 0.3 is 0 Å². The van der Waals surface area contributed by atoms with Crippen molar-refractivity contribution in [3.05, 3.63) is 30.1 Å². The zero-order valence-electron chi connectivity index (χ0n) is 8.99. The Labute approximate surface area is 84.6 Å². The molecule has 0 bridgehead atoms. The number of fused-ring (bicyclic) bond motifs is 1. The van der Waals surface area contributed by atoms with Crippen molar-refractivity contribution in [1.82, 2.24) is 9.55 Å². The average Bonchev–Trinajstić information content (AvgIpc) is 2.59. The quantitative estimate of drug-likeness (QED) is 0.707. The van der Waals surface area contributed by atoms with Gasteiger partial charge in [-0.05, 0) is 30.5 Å². The first-order valence-electron chi connectivity index (χ1n) is 5.17. The lowest BCUT2D eigenvalue weighted by molar-refractivity contribution is 0.785. The third-order valence-electron chi connectivity index (χ3n) is 2.63. The number of rotatable bonds is 2. The molecule has 0 aliphatic carbocycles. The van der Waals surface area contributed by atoms with Crippen LogP contribution >= 0.6 is 0 Å². The minimum atomic E-state index is 0.553. The van der Waals surface area contributed by atoms with Gasteiger partial charge in [-0.2, -0.15) is 0 Å². The van der Waals surface area contributed by atoms with Gasteiger partial charge in [0.1, 0.15) is 5.65 Å². The van der Waals surface area contributed by atoms with E-state index in [1.54, 1.807) is 0 Å². The van der Waals surface area contributed by atoms with E-state index in [1.807, 2.05) is 6.20 Å². The number of nitrogens with zero attached hydrogens (tertiary/aromatic N) is 2. The summed E-state index contributed by atoms with van der Waals surface area (Å²) < 4.78 is 2.17. The van der Waals surface area contributed by atoms with E-state index in [0.29, 0.717) is 5.92 Å². The number of aryl methyl sites for hydroxylation is 1. The van der Waals surface area contributed by atoms with Gasteiger partial charge in [0.2, 0.25) is 0 Å². The van der Waals surface area contributed by atoms with Crippen molar-refractivity contribution in [2.24, 2.45) is 0 Å². The Morgan fingerprint density at radius 3 is 2.86 bits per heavy atom. The molecule has 0 saturated carbocycles. The smallest absolute Gasteiger partial charge is 0.139 e. The first kappa shape index (κ1) is 9.25. The minimum absolute atomic E-state index is 0.553. The topological polar surface area (TPSA) is 17.8 Å². The lowest BCUT2D eigenvalue weighted by Crippen LogP contribution is -1.94. The van der Waals surface area contributed by atoms with Crippen LogP contribution in [0.2, 0.25) is 0 Å². The number of aromatic nitrogens is 2. The molecule has 2 heteroatoms. The molecule has 2 aromatic heterocycles. The van der Waals surface area contributed by atoms with E-state index >= 15 is 0 Å². The summed E-state index contributed by atoms with van der Waals surface area (Å²) in [6.07, 6.45) is 4.08. The monoisotopic (exact) mass is 188 g/mol. The molecule has 0 fully saturated rings. The summed E-state index contributed by atoms with van der Waals surface area (Å²) in [5, 5.41) is 1.25. The highest BCUT2D eigenvalue weighted by Gasteiger charge is 2.04. The Bertz CT molecular complexity index is 441. The third-order valence-corrected chi connectivity index (χ3v) is 2.63. The van der Waals surface area contributed by atoms with E-state index < -0.39 is 0 Å². The zero-order chi connectivity index (χ0) is 10.1. The van der Waals surface area contributed by atoms with Crippen LogP contribution in [0.4, 0.5) is 0 Å². The first-order valence-corrected chi connectivity index (χ1v) is 5.17. The number of hydrogen-bond donors (Lipinski definition) is 0. The molecule has 2 heterocycles. The lowest BCUT2D eigenvalue weighted by atomic mass is 10.1. The molecular weight excluding hydrogens is 172 g/mol. The summed E-state index contributed by atoms with van der Waals surface area (Å²) in [5.74, 6) is 0.553. The van der Waals surface area contributed by atoms with Gasteiger partial charge in [0.05, 0.1) is 0 Å². The van der Waals surface area contributed by atoms with Crippen LogP contribution in [0.3, 0.4) is 0 Å². The van der Waals surface area contributed by atoms with Crippen molar-refractivity contribution in [2.75, 3.05) is 0 Å². The van der Waals surface area contributed by atoms with E-state index in [2.05, 4.69) is 48.7 Å². The minimum Gasteiger partial charge on any atom is -0.333 e. The summed E-state index contributed by atoms with van der Waals surface area (Å²) >= 11 is 0. The van der Waals surface area contributed by atoms with Crippen LogP contribution < -0.4 is 0 Å². The first-order chi connectivity index (χ1) is 6.72. The van der Waals surface area contributed by atoms with Crippen molar-refractivity contribution in [3.63, 3.8) is 0 Å². The maximum Gasteiger partial charge on any atom is 0.139 e. The highest BCUT2D eigenvalue weighted by atomic mass is 15.0. The molecule has 2 rings (SSSR count). The Kier molecular flexibility index (Phi) is 2.28. The van der Waals surface area contributed by atoms with E-state index in [9.17, 15) is 0 Å². The van der Waals surface area contributed by atoms with Crippen molar-refractivity contribution in [1.29, 1.82) is 0 Å². The average molecular weight is 188 g/mol. The maximum atomic E-state index is 4.50. The van der Waals surface area contributed by atoms with Crippen LogP contribution in [0.25, 0.3) is 11.0 Å². The molecule has 0 aliphatic rings. The van der Waals surface area contributed by atoms with Gasteiger partial charge in [0.15, 0.2) is 0 Å². The van der Waals surface area contributed by atoms with Gasteiger partial charge in [-0.25, -0.2) is 4.98 Å². The van der Waals surface area contributed by atoms with Gasteiger partial charge in [0, 0.05) is 24.3 Å². The van der Waals surface area contributed by atoms with Crippen LogP contribution in [0.5, 0.6) is 0 Å². The lowest BCUT2D eigenvalue weighted by Gasteiger charge is -2.05. The summed E-state index contributed by atoms with van der Waals surface area (Å²) in [6.45, 7) is 7.51. The van der Waals surface area contributed by atoms with Crippen molar-refractivity contribution in [2.45, 2.75) is 33.2 Å². The van der Waals surface area contributed by atoms with Gasteiger partial charge < -0.3 is 4.57 Å². The molecule has 0 aliphatic heterocycles. The fraction of sp³-hybridized carbons (Fsp3) is 0.417. The molecule has 0 aromatic carbocycles. The van der Waals surface area contributed by atoms with Gasteiger partial charge in [0.25, 0.3) is 0 Å². The predicted octanol–water partition coefficient (Wildman–Crippen LogP) is 3.18. The number of hydrogen-bond acceptors (Lipinski definition) is 1. The predicted molar refractivity (Wildman–Crippen MR) is 59.5 cm³/mol. The Hall–Kier alpha value is -1.31. The normalized spacial score (nSPS) is 11.4.